The van der Waals surface area contributed by atoms with Gasteiger partial charge < -0.3 is 14.9 Å². The molecule has 0 saturated carbocycles. The number of aliphatic hydroxyl groups is 1. The van der Waals surface area contributed by atoms with Crippen LogP contribution in [-0.2, 0) is 4.79 Å². The maximum absolute atomic E-state index is 12.6. The quantitative estimate of drug-likeness (QED) is 0.0900. The van der Waals surface area contributed by atoms with Crippen molar-refractivity contribution in [2.24, 2.45) is 0 Å². The summed E-state index contributed by atoms with van der Waals surface area (Å²) in [6.07, 6.45) is 7.74. The molecule has 6 aromatic carbocycles. The molecule has 0 saturated heterocycles. The first kappa shape index (κ1) is 30.6. The van der Waals surface area contributed by atoms with Crippen molar-refractivity contribution in [3.05, 3.63) is 205 Å². The van der Waals surface area contributed by atoms with Crippen molar-refractivity contribution in [1.29, 1.82) is 0 Å². The van der Waals surface area contributed by atoms with E-state index in [4.69, 9.17) is 0 Å². The van der Waals surface area contributed by atoms with Crippen molar-refractivity contribution in [3.8, 4) is 0 Å². The molecule has 0 fully saturated rings. The number of anilines is 6. The van der Waals surface area contributed by atoms with Gasteiger partial charge in [0, 0.05) is 40.2 Å². The zero-order valence-electron chi connectivity index (χ0n) is 25.8. The Morgan fingerprint density at radius 2 is 0.702 bits per heavy atom. The van der Waals surface area contributed by atoms with E-state index in [1.165, 1.54) is 18.2 Å². The van der Waals surface area contributed by atoms with Crippen LogP contribution in [0.3, 0.4) is 0 Å². The molecule has 4 heteroatoms. The highest BCUT2D eigenvalue weighted by molar-refractivity contribution is 6.02. The topological polar surface area (TPSA) is 43.8 Å². The molecule has 0 spiro atoms. The molecule has 0 unspecified atom stereocenters. The van der Waals surface area contributed by atoms with Gasteiger partial charge in [0.15, 0.2) is 5.78 Å². The maximum Gasteiger partial charge on any atom is 0.182 e. The highest BCUT2D eigenvalue weighted by Gasteiger charge is 2.12. The van der Waals surface area contributed by atoms with E-state index < -0.39 is 0 Å². The number of hydrogen-bond acceptors (Lipinski definition) is 4. The molecule has 0 atom stereocenters. The van der Waals surface area contributed by atoms with Crippen molar-refractivity contribution >= 4 is 52.1 Å². The number of benzene rings is 6. The number of para-hydroxylation sites is 4. The molecular weight excluding hydrogens is 576 g/mol. The van der Waals surface area contributed by atoms with Gasteiger partial charge in [0.1, 0.15) is 5.76 Å². The summed E-state index contributed by atoms with van der Waals surface area (Å²) in [5.74, 6) is -0.418. The Balaban J connectivity index is 1.11. The van der Waals surface area contributed by atoms with E-state index in [0.29, 0.717) is 0 Å². The highest BCUT2D eigenvalue weighted by Crippen LogP contribution is 2.35. The molecule has 228 valence electrons. The first-order valence-electron chi connectivity index (χ1n) is 15.5. The predicted octanol–water partition coefficient (Wildman–Crippen LogP) is 11.4. The molecule has 4 nitrogen and oxygen atoms in total. The fraction of sp³-hybridized carbons (Fsp3) is 0. The first-order chi connectivity index (χ1) is 23.1. The fourth-order valence-corrected chi connectivity index (χ4v) is 5.27. The third kappa shape index (κ3) is 8.01. The Morgan fingerprint density at radius 3 is 1.04 bits per heavy atom. The summed E-state index contributed by atoms with van der Waals surface area (Å²) >= 11 is 0. The largest absolute Gasteiger partial charge is 0.508 e. The molecule has 0 amide bonds. The summed E-state index contributed by atoms with van der Waals surface area (Å²) in [7, 11) is 0. The molecule has 6 aromatic rings. The van der Waals surface area contributed by atoms with Crippen LogP contribution < -0.4 is 9.80 Å². The Morgan fingerprint density at radius 1 is 0.404 bits per heavy atom. The van der Waals surface area contributed by atoms with E-state index in [2.05, 4.69) is 58.3 Å². The van der Waals surface area contributed by atoms with E-state index >= 15 is 0 Å². The number of allylic oxidation sites excluding steroid dienone is 3. The maximum atomic E-state index is 12.6. The lowest BCUT2D eigenvalue weighted by Crippen LogP contribution is -2.09. The summed E-state index contributed by atoms with van der Waals surface area (Å²) in [6, 6.07) is 56.9. The molecule has 47 heavy (non-hydrogen) atoms. The molecule has 0 aliphatic carbocycles. The third-order valence-corrected chi connectivity index (χ3v) is 7.54. The zero-order valence-corrected chi connectivity index (χ0v) is 25.8. The van der Waals surface area contributed by atoms with Gasteiger partial charge in [0.2, 0.25) is 0 Å². The van der Waals surface area contributed by atoms with Gasteiger partial charge in [0.05, 0.1) is 0 Å². The van der Waals surface area contributed by atoms with Crippen molar-refractivity contribution in [3.63, 3.8) is 0 Å². The number of ketones is 1. The highest BCUT2D eigenvalue weighted by atomic mass is 16.3. The number of aliphatic hydroxyl groups excluding tert-OH is 1. The molecule has 6 rings (SSSR count). The van der Waals surface area contributed by atoms with Crippen LogP contribution >= 0.6 is 0 Å². The summed E-state index contributed by atoms with van der Waals surface area (Å²) in [5.41, 5.74) is 8.05. The van der Waals surface area contributed by atoms with Gasteiger partial charge in [-0.25, -0.2) is 0 Å². The monoisotopic (exact) mass is 610 g/mol. The molecule has 0 aromatic heterocycles. The summed E-state index contributed by atoms with van der Waals surface area (Å²) in [5, 5.41) is 10.4. The predicted molar refractivity (Wildman–Crippen MR) is 196 cm³/mol. The van der Waals surface area contributed by atoms with Gasteiger partial charge >= 0.3 is 0 Å². The van der Waals surface area contributed by atoms with E-state index in [1.54, 1.807) is 12.2 Å². The van der Waals surface area contributed by atoms with Crippen molar-refractivity contribution in [2.45, 2.75) is 0 Å². The number of carbonyl (C=O) groups is 1. The van der Waals surface area contributed by atoms with Crippen LogP contribution in [0.15, 0.2) is 194 Å². The first-order valence-corrected chi connectivity index (χ1v) is 15.5. The minimum Gasteiger partial charge on any atom is -0.508 e. The molecular formula is C43H34N2O2. The summed E-state index contributed by atoms with van der Waals surface area (Å²) in [6.45, 7) is 0. The van der Waals surface area contributed by atoms with Crippen molar-refractivity contribution < 1.29 is 9.90 Å². The van der Waals surface area contributed by atoms with Gasteiger partial charge in [-0.1, -0.05) is 109 Å². The molecule has 0 aliphatic heterocycles. The normalized spacial score (nSPS) is 11.5. The van der Waals surface area contributed by atoms with Crippen LogP contribution in [0.5, 0.6) is 0 Å². The molecule has 0 bridgehead atoms. The van der Waals surface area contributed by atoms with Gasteiger partial charge in [-0.15, -0.1) is 0 Å². The average Bonchev–Trinajstić information content (AvgIpc) is 3.13. The SMILES string of the molecule is O=C(/C=C(O)/C=C/c1ccc(N(c2ccccc2)c2ccccc2)cc1)/C=C/c1ccc(N(c2ccccc2)c2ccccc2)cc1. The molecule has 0 heterocycles. The van der Waals surface area contributed by atoms with Gasteiger partial charge in [-0.2, -0.15) is 0 Å². The second-order valence-corrected chi connectivity index (χ2v) is 10.8. The van der Waals surface area contributed by atoms with Gasteiger partial charge in [-0.3, -0.25) is 4.79 Å². The Hall–Kier alpha value is -6.39. The third-order valence-electron chi connectivity index (χ3n) is 7.54. The van der Waals surface area contributed by atoms with E-state index in [0.717, 1.165) is 45.3 Å². The van der Waals surface area contributed by atoms with Crippen LogP contribution in [0.1, 0.15) is 11.1 Å². The molecule has 0 radical (unpaired) electrons. The van der Waals surface area contributed by atoms with Crippen molar-refractivity contribution in [1.82, 2.24) is 0 Å². The number of rotatable bonds is 11. The standard InChI is InChI=1S/C43H34N2O2/c46-42(31-25-34-21-27-40(28-22-34)44(36-13-5-1-6-14-36)37-15-7-2-8-16-37)33-43(47)32-26-35-23-29-41(30-24-35)45(38-17-9-3-10-18-38)39-19-11-4-12-20-39/h1-33,46H/b31-25+,32-26+,42-33-. The van der Waals surface area contributed by atoms with E-state index in [-0.39, 0.29) is 11.5 Å². The van der Waals surface area contributed by atoms with E-state index in [9.17, 15) is 9.90 Å². The molecule has 0 aliphatic rings. The average molecular weight is 611 g/mol. The lowest BCUT2D eigenvalue weighted by atomic mass is 10.1. The number of carbonyl (C=O) groups excluding carboxylic acids is 1. The minimum absolute atomic E-state index is 0.115. The lowest BCUT2D eigenvalue weighted by Gasteiger charge is -2.25. The van der Waals surface area contributed by atoms with Crippen LogP contribution in [0, 0.1) is 0 Å². The lowest BCUT2D eigenvalue weighted by molar-refractivity contribution is -0.110. The smallest absolute Gasteiger partial charge is 0.182 e. The molecule has 1 N–H and O–H groups in total. The Labute approximate surface area is 276 Å². The summed E-state index contributed by atoms with van der Waals surface area (Å²) < 4.78 is 0. The number of hydrogen-bond donors (Lipinski definition) is 1. The van der Waals surface area contributed by atoms with Crippen LogP contribution in [0.4, 0.5) is 34.1 Å². The second kappa shape index (κ2) is 15.1. The number of nitrogens with zero attached hydrogens (tertiary/aromatic N) is 2. The van der Waals surface area contributed by atoms with Gasteiger partial charge in [0.25, 0.3) is 0 Å². The summed E-state index contributed by atoms with van der Waals surface area (Å²) in [4.78, 5) is 17.0. The van der Waals surface area contributed by atoms with Crippen LogP contribution in [-0.4, -0.2) is 10.9 Å². The zero-order chi connectivity index (χ0) is 32.3. The Kier molecular flexibility index (Phi) is 9.82. The second-order valence-electron chi connectivity index (χ2n) is 10.8. The fourth-order valence-electron chi connectivity index (χ4n) is 5.27. The van der Waals surface area contributed by atoms with Crippen molar-refractivity contribution in [2.75, 3.05) is 9.80 Å². The van der Waals surface area contributed by atoms with Crippen LogP contribution in [0.2, 0.25) is 0 Å². The van der Waals surface area contributed by atoms with Crippen LogP contribution in [0.25, 0.3) is 12.2 Å². The van der Waals surface area contributed by atoms with E-state index in [1.807, 2.05) is 121 Å². The minimum atomic E-state index is -0.303. The Bertz CT molecular complexity index is 1890. The van der Waals surface area contributed by atoms with Gasteiger partial charge in [-0.05, 0) is 96.1 Å².